The van der Waals surface area contributed by atoms with E-state index in [4.69, 9.17) is 0 Å². The lowest BCUT2D eigenvalue weighted by Gasteiger charge is -2.29. The molecule has 0 spiro atoms. The average Bonchev–Trinajstić information content (AvgIpc) is 2.74. The number of amides is 1. The first-order valence-electron chi connectivity index (χ1n) is 10.6. The number of halogens is 5. The van der Waals surface area contributed by atoms with Crippen molar-refractivity contribution in [1.82, 2.24) is 9.97 Å². The third-order valence-electron chi connectivity index (χ3n) is 5.19. The number of fused-ring (bicyclic) bond motifs is 1. The van der Waals surface area contributed by atoms with E-state index in [1.165, 1.54) is 18.3 Å². The Kier molecular flexibility index (Phi) is 7.08. The largest absolute Gasteiger partial charge is 0.431 e. The van der Waals surface area contributed by atoms with E-state index in [0.717, 1.165) is 32.3 Å². The molecule has 2 aromatic heterocycles. The Balaban J connectivity index is 2.23. The number of hydrogen-bond acceptors (Lipinski definition) is 5. The van der Waals surface area contributed by atoms with Crippen molar-refractivity contribution in [3.63, 3.8) is 0 Å². The van der Waals surface area contributed by atoms with Gasteiger partial charge in [0.2, 0.25) is 6.10 Å². The van der Waals surface area contributed by atoms with Crippen molar-refractivity contribution in [2.24, 2.45) is 0 Å². The minimum atomic E-state index is -4.94. The molecule has 1 aliphatic rings. The monoisotopic (exact) mass is 472 g/mol. The van der Waals surface area contributed by atoms with Crippen LogP contribution < -0.4 is 10.2 Å². The molecule has 0 saturated heterocycles. The van der Waals surface area contributed by atoms with Crippen LogP contribution in [0.25, 0.3) is 11.3 Å². The Morgan fingerprint density at radius 1 is 1.12 bits per heavy atom. The number of aromatic nitrogens is 2. The fourth-order valence-corrected chi connectivity index (χ4v) is 3.61. The number of nitrogens with zero attached hydrogens (tertiary/aromatic N) is 3. The summed E-state index contributed by atoms with van der Waals surface area (Å²) in [6, 6.07) is 3.58. The zero-order valence-corrected chi connectivity index (χ0v) is 18.5. The van der Waals surface area contributed by atoms with Crippen molar-refractivity contribution in [2.75, 3.05) is 23.3 Å². The number of pyridine rings is 2. The number of carbonyl (C=O) groups is 1. The zero-order valence-electron chi connectivity index (χ0n) is 18.5. The van der Waals surface area contributed by atoms with Crippen molar-refractivity contribution in [3.8, 4) is 11.3 Å². The fourth-order valence-electron chi connectivity index (χ4n) is 3.61. The van der Waals surface area contributed by atoms with Gasteiger partial charge in [0.25, 0.3) is 5.92 Å². The second kappa shape index (κ2) is 9.48. The van der Waals surface area contributed by atoms with E-state index in [9.17, 15) is 26.7 Å². The molecular weight excluding hydrogens is 447 g/mol. The van der Waals surface area contributed by atoms with Gasteiger partial charge in [-0.25, -0.2) is 23.5 Å². The minimum Gasteiger partial charge on any atom is -0.431 e. The Bertz CT molecular complexity index is 1010. The van der Waals surface area contributed by atoms with Crippen LogP contribution in [0.2, 0.25) is 0 Å². The van der Waals surface area contributed by atoms with Gasteiger partial charge in [-0.2, -0.15) is 13.2 Å². The molecule has 0 radical (unpaired) electrons. The highest BCUT2D eigenvalue weighted by atomic mass is 19.4. The lowest BCUT2D eigenvalue weighted by Crippen LogP contribution is -2.34. The molecule has 0 bridgehead atoms. The molecule has 33 heavy (non-hydrogen) atoms. The number of hydrogen-bond donors (Lipinski definition) is 1. The van der Waals surface area contributed by atoms with Crippen LogP contribution in [0.15, 0.2) is 24.4 Å². The molecule has 0 fully saturated rings. The number of nitrogens with one attached hydrogen (secondary N) is 1. The summed E-state index contributed by atoms with van der Waals surface area (Å²) in [5, 5.41) is 2.14. The smallest absolute Gasteiger partial charge is 0.430 e. The van der Waals surface area contributed by atoms with Crippen LogP contribution in [0, 0.1) is 0 Å². The molecular formula is C22H25F5N4O2. The van der Waals surface area contributed by atoms with Gasteiger partial charge in [0.05, 0.1) is 11.3 Å². The second-order valence-corrected chi connectivity index (χ2v) is 7.90. The van der Waals surface area contributed by atoms with E-state index in [0.29, 0.717) is 13.1 Å². The van der Waals surface area contributed by atoms with E-state index in [2.05, 4.69) is 20.0 Å². The molecule has 180 valence electrons. The van der Waals surface area contributed by atoms with Crippen molar-refractivity contribution >= 4 is 17.7 Å². The summed E-state index contributed by atoms with van der Waals surface area (Å²) >= 11 is 0. The summed E-state index contributed by atoms with van der Waals surface area (Å²) in [6.07, 6.45) is -5.25. The lowest BCUT2D eigenvalue weighted by atomic mass is 9.97. The first-order valence-corrected chi connectivity index (χ1v) is 10.6. The number of unbranched alkanes of at least 4 members (excludes halogenated alkanes) is 1. The van der Waals surface area contributed by atoms with Crippen LogP contribution in [0.3, 0.4) is 0 Å². The number of anilines is 2. The third kappa shape index (κ3) is 5.51. The standard InChI is InChI=1S/C22H25F5N4O2/c1-4-6-10-31(9-5-2)16-12-13(21(3,23)24)11-15(29-16)14-7-8-28-19-17(14)18(22(25,26)27)33-20(32)30-19/h7-8,11-12,18H,4-6,9-10H2,1-3H3,(H,28,30,32)/t18-/m1/s1. The summed E-state index contributed by atoms with van der Waals surface area (Å²) < 4.78 is 74.4. The normalized spacial score (nSPS) is 16.1. The first-order chi connectivity index (χ1) is 15.5. The SMILES string of the molecule is CCCCN(CCC)c1cc(C(C)(F)F)cc(-c2ccnc3c2[C@H](C(F)(F)F)OC(=O)N3)n1. The highest BCUT2D eigenvalue weighted by Crippen LogP contribution is 2.46. The fraction of sp³-hybridized carbons (Fsp3) is 0.500. The number of carbonyl (C=O) groups excluding carboxylic acids is 1. The average molecular weight is 472 g/mol. The lowest BCUT2D eigenvalue weighted by molar-refractivity contribution is -0.206. The quantitative estimate of drug-likeness (QED) is 0.448. The summed E-state index contributed by atoms with van der Waals surface area (Å²) in [4.78, 5) is 21.8. The van der Waals surface area contributed by atoms with Crippen molar-refractivity contribution in [1.29, 1.82) is 0 Å². The molecule has 1 atom stereocenters. The minimum absolute atomic E-state index is 0.0886. The Hall–Kier alpha value is -2.98. The molecule has 3 rings (SSSR count). The molecule has 0 unspecified atom stereocenters. The Morgan fingerprint density at radius 3 is 2.45 bits per heavy atom. The van der Waals surface area contributed by atoms with Gasteiger partial charge in [0.15, 0.2) is 0 Å². The van der Waals surface area contributed by atoms with Gasteiger partial charge < -0.3 is 9.64 Å². The summed E-state index contributed by atoms with van der Waals surface area (Å²) in [7, 11) is 0. The van der Waals surface area contributed by atoms with Gasteiger partial charge in [-0.15, -0.1) is 0 Å². The molecule has 1 amide bonds. The Morgan fingerprint density at radius 2 is 1.85 bits per heavy atom. The molecule has 3 heterocycles. The predicted octanol–water partition coefficient (Wildman–Crippen LogP) is 6.44. The highest BCUT2D eigenvalue weighted by Gasteiger charge is 2.49. The zero-order chi connectivity index (χ0) is 24.4. The Labute approximate surface area is 188 Å². The van der Waals surface area contributed by atoms with E-state index >= 15 is 0 Å². The summed E-state index contributed by atoms with van der Waals surface area (Å²) in [5.74, 6) is -3.36. The second-order valence-electron chi connectivity index (χ2n) is 7.90. The highest BCUT2D eigenvalue weighted by molar-refractivity contribution is 5.89. The third-order valence-corrected chi connectivity index (χ3v) is 5.19. The maximum atomic E-state index is 14.4. The van der Waals surface area contributed by atoms with Crippen LogP contribution in [0.1, 0.15) is 57.3 Å². The molecule has 11 heteroatoms. The van der Waals surface area contributed by atoms with Crippen LogP contribution >= 0.6 is 0 Å². The first kappa shape index (κ1) is 24.7. The van der Waals surface area contributed by atoms with Gasteiger partial charge >= 0.3 is 12.3 Å². The molecule has 0 aromatic carbocycles. The van der Waals surface area contributed by atoms with Gasteiger partial charge in [-0.3, -0.25) is 5.32 Å². The van der Waals surface area contributed by atoms with Crippen molar-refractivity contribution < 1.29 is 31.5 Å². The number of alkyl halides is 5. The van der Waals surface area contributed by atoms with E-state index in [-0.39, 0.29) is 28.5 Å². The molecule has 1 aliphatic heterocycles. The summed E-state index contributed by atoms with van der Waals surface area (Å²) in [5.41, 5.74) is -1.04. The molecule has 2 aromatic rings. The number of ether oxygens (including phenoxy) is 1. The summed E-state index contributed by atoms with van der Waals surface area (Å²) in [6.45, 7) is 5.76. The van der Waals surface area contributed by atoms with Gasteiger partial charge in [-0.1, -0.05) is 20.3 Å². The molecule has 0 aliphatic carbocycles. The van der Waals surface area contributed by atoms with E-state index < -0.39 is 29.9 Å². The van der Waals surface area contributed by atoms with Crippen LogP contribution in [0.4, 0.5) is 38.4 Å². The number of rotatable bonds is 8. The van der Waals surface area contributed by atoms with Gasteiger partial charge in [-0.05, 0) is 31.0 Å². The van der Waals surface area contributed by atoms with Crippen LogP contribution in [-0.2, 0) is 10.7 Å². The number of cyclic esters (lactones) is 1. The predicted molar refractivity (Wildman–Crippen MR) is 113 cm³/mol. The van der Waals surface area contributed by atoms with Crippen molar-refractivity contribution in [2.45, 2.75) is 58.2 Å². The maximum Gasteiger partial charge on any atom is 0.430 e. The van der Waals surface area contributed by atoms with Crippen LogP contribution in [0.5, 0.6) is 0 Å². The molecule has 1 N–H and O–H groups in total. The maximum absolute atomic E-state index is 14.4. The topological polar surface area (TPSA) is 67.4 Å². The van der Waals surface area contributed by atoms with Gasteiger partial charge in [0.1, 0.15) is 11.6 Å². The van der Waals surface area contributed by atoms with Crippen LogP contribution in [-0.4, -0.2) is 35.3 Å². The van der Waals surface area contributed by atoms with E-state index in [1.54, 1.807) is 0 Å². The molecule has 0 saturated carbocycles. The molecule has 6 nitrogen and oxygen atoms in total. The van der Waals surface area contributed by atoms with Gasteiger partial charge in [0, 0.05) is 37.3 Å². The van der Waals surface area contributed by atoms with E-state index in [1.807, 2.05) is 18.7 Å². The van der Waals surface area contributed by atoms with Crippen molar-refractivity contribution in [3.05, 3.63) is 35.5 Å².